The molecule has 0 aliphatic carbocycles. The second-order valence-electron chi connectivity index (χ2n) is 5.32. The molecule has 1 aliphatic heterocycles. The van der Waals surface area contributed by atoms with Gasteiger partial charge in [-0.25, -0.2) is 0 Å². The second-order valence-corrected chi connectivity index (χ2v) is 5.32. The molecule has 0 saturated carbocycles. The zero-order valence-corrected chi connectivity index (χ0v) is 12.2. The largest absolute Gasteiger partial charge is 0.468 e. The first-order valence-corrected chi connectivity index (χ1v) is 7.25. The van der Waals surface area contributed by atoms with Gasteiger partial charge in [-0.2, -0.15) is 13.2 Å². The lowest BCUT2D eigenvalue weighted by atomic mass is 10.2. The van der Waals surface area contributed by atoms with Crippen LogP contribution in [0.1, 0.15) is 18.2 Å². The maximum absolute atomic E-state index is 12.3. The first kappa shape index (κ1) is 16.3. The van der Waals surface area contributed by atoms with E-state index in [0.29, 0.717) is 32.7 Å². The highest BCUT2D eigenvalue weighted by molar-refractivity contribution is 5.17. The van der Waals surface area contributed by atoms with Crippen molar-refractivity contribution in [2.24, 2.45) is 0 Å². The Balaban J connectivity index is 1.79. The summed E-state index contributed by atoms with van der Waals surface area (Å²) < 4.78 is 42.5. The molecule has 1 fully saturated rings. The molecule has 1 N–H and O–H groups in total. The van der Waals surface area contributed by atoms with Crippen LogP contribution in [0.3, 0.4) is 0 Å². The maximum atomic E-state index is 12.3. The van der Waals surface area contributed by atoms with Gasteiger partial charge in [0.25, 0.3) is 0 Å². The van der Waals surface area contributed by atoms with Gasteiger partial charge < -0.3 is 9.73 Å². The van der Waals surface area contributed by atoms with Crippen LogP contribution in [0.25, 0.3) is 0 Å². The van der Waals surface area contributed by atoms with Gasteiger partial charge in [0.2, 0.25) is 0 Å². The molecule has 0 bridgehead atoms. The van der Waals surface area contributed by atoms with Crippen LogP contribution in [-0.4, -0.2) is 55.2 Å². The number of rotatable bonds is 6. The smallest absolute Gasteiger partial charge is 0.401 e. The lowest BCUT2D eigenvalue weighted by Gasteiger charge is -2.34. The van der Waals surface area contributed by atoms with Crippen molar-refractivity contribution >= 4 is 0 Å². The third kappa shape index (κ3) is 5.33. The third-order valence-corrected chi connectivity index (χ3v) is 3.63. The topological polar surface area (TPSA) is 31.7 Å². The number of nitrogens with one attached hydrogen (secondary N) is 1. The van der Waals surface area contributed by atoms with Crippen LogP contribution in [0.15, 0.2) is 16.7 Å². The first-order valence-electron chi connectivity index (χ1n) is 7.25. The van der Waals surface area contributed by atoms with Gasteiger partial charge in [0.05, 0.1) is 19.4 Å². The molecular weight excluding hydrogens is 283 g/mol. The fourth-order valence-corrected chi connectivity index (χ4v) is 2.50. The quantitative estimate of drug-likeness (QED) is 0.872. The van der Waals surface area contributed by atoms with Gasteiger partial charge in [0.1, 0.15) is 5.76 Å². The van der Waals surface area contributed by atoms with Gasteiger partial charge >= 0.3 is 6.18 Å². The van der Waals surface area contributed by atoms with Gasteiger partial charge in [-0.05, 0) is 12.6 Å². The fourth-order valence-electron chi connectivity index (χ4n) is 2.50. The summed E-state index contributed by atoms with van der Waals surface area (Å²) in [6.07, 6.45) is -2.44. The van der Waals surface area contributed by atoms with E-state index in [1.807, 2.05) is 13.0 Å². The average Bonchev–Trinajstić information content (AvgIpc) is 2.84. The first-order chi connectivity index (χ1) is 9.98. The highest BCUT2D eigenvalue weighted by atomic mass is 19.4. The molecule has 0 spiro atoms. The monoisotopic (exact) mass is 305 g/mol. The number of hydrogen-bond acceptors (Lipinski definition) is 4. The summed E-state index contributed by atoms with van der Waals surface area (Å²) in [6, 6.07) is 1.94. The molecule has 0 radical (unpaired) electrons. The molecule has 120 valence electrons. The Morgan fingerprint density at radius 3 is 2.48 bits per heavy atom. The predicted octanol–water partition coefficient (Wildman–Crippen LogP) is 2.07. The van der Waals surface area contributed by atoms with E-state index in [0.717, 1.165) is 24.4 Å². The molecule has 0 aromatic carbocycles. The van der Waals surface area contributed by atoms with E-state index in [1.54, 1.807) is 6.26 Å². The average molecular weight is 305 g/mol. The zero-order valence-electron chi connectivity index (χ0n) is 12.2. The van der Waals surface area contributed by atoms with Gasteiger partial charge in [-0.15, -0.1) is 0 Å². The number of halogens is 3. The van der Waals surface area contributed by atoms with E-state index in [-0.39, 0.29) is 0 Å². The van der Waals surface area contributed by atoms with Crippen molar-refractivity contribution in [3.63, 3.8) is 0 Å². The molecule has 1 aromatic heterocycles. The van der Waals surface area contributed by atoms with Crippen molar-refractivity contribution in [2.75, 3.05) is 39.3 Å². The zero-order chi connectivity index (χ0) is 15.3. The molecular formula is C14H22F3N3O. The minimum absolute atomic E-state index is 0.458. The molecule has 2 heterocycles. The highest BCUT2D eigenvalue weighted by Gasteiger charge is 2.32. The molecule has 0 unspecified atom stereocenters. The van der Waals surface area contributed by atoms with Crippen molar-refractivity contribution in [3.8, 4) is 0 Å². The molecule has 0 atom stereocenters. The van der Waals surface area contributed by atoms with Crippen LogP contribution in [0.4, 0.5) is 13.2 Å². The Bertz CT molecular complexity index is 425. The highest BCUT2D eigenvalue weighted by Crippen LogP contribution is 2.19. The summed E-state index contributed by atoms with van der Waals surface area (Å²) in [7, 11) is 0. The van der Waals surface area contributed by atoms with Crippen molar-refractivity contribution in [1.82, 2.24) is 15.1 Å². The lowest BCUT2D eigenvalue weighted by molar-refractivity contribution is -0.149. The Hall–Kier alpha value is -1.05. The summed E-state index contributed by atoms with van der Waals surface area (Å²) in [5.74, 6) is 0.912. The van der Waals surface area contributed by atoms with Crippen molar-refractivity contribution in [3.05, 3.63) is 23.7 Å². The summed E-state index contributed by atoms with van der Waals surface area (Å²) >= 11 is 0. The van der Waals surface area contributed by atoms with E-state index in [9.17, 15) is 13.2 Å². The van der Waals surface area contributed by atoms with Gasteiger partial charge in [0.15, 0.2) is 0 Å². The van der Waals surface area contributed by atoms with Crippen LogP contribution < -0.4 is 5.32 Å². The molecule has 1 aromatic rings. The van der Waals surface area contributed by atoms with Crippen molar-refractivity contribution in [2.45, 2.75) is 26.2 Å². The summed E-state index contributed by atoms with van der Waals surface area (Å²) in [5.41, 5.74) is 1.11. The van der Waals surface area contributed by atoms with E-state index >= 15 is 0 Å². The molecule has 1 saturated heterocycles. The van der Waals surface area contributed by atoms with Gasteiger partial charge in [0, 0.05) is 38.3 Å². The van der Waals surface area contributed by atoms with Gasteiger partial charge in [-0.1, -0.05) is 6.92 Å². The Morgan fingerprint density at radius 2 is 1.86 bits per heavy atom. The Labute approximate surface area is 122 Å². The summed E-state index contributed by atoms with van der Waals surface area (Å²) in [6.45, 7) is 5.74. The molecule has 0 amide bonds. The molecule has 21 heavy (non-hydrogen) atoms. The van der Waals surface area contributed by atoms with Crippen LogP contribution >= 0.6 is 0 Å². The van der Waals surface area contributed by atoms with E-state index in [2.05, 4.69) is 10.2 Å². The van der Waals surface area contributed by atoms with Crippen molar-refractivity contribution in [1.29, 1.82) is 0 Å². The van der Waals surface area contributed by atoms with Crippen LogP contribution in [0.2, 0.25) is 0 Å². The summed E-state index contributed by atoms with van der Waals surface area (Å²) in [4.78, 5) is 3.64. The van der Waals surface area contributed by atoms with E-state index in [1.165, 1.54) is 4.90 Å². The Kier molecular flexibility index (Phi) is 5.66. The SMILES string of the molecule is CCNCc1occc1CN1CCN(CC(F)(F)F)CC1. The molecule has 2 rings (SSSR count). The molecule has 1 aliphatic rings. The standard InChI is InChI=1S/C14H22F3N3O/c1-2-18-9-13-12(3-8-21-13)10-19-4-6-20(7-5-19)11-14(15,16)17/h3,8,18H,2,4-7,9-11H2,1H3. The fraction of sp³-hybridized carbons (Fsp3) is 0.714. The minimum Gasteiger partial charge on any atom is -0.468 e. The number of hydrogen-bond donors (Lipinski definition) is 1. The third-order valence-electron chi connectivity index (χ3n) is 3.63. The second kappa shape index (κ2) is 7.29. The van der Waals surface area contributed by atoms with E-state index in [4.69, 9.17) is 4.42 Å². The maximum Gasteiger partial charge on any atom is 0.401 e. The predicted molar refractivity (Wildman–Crippen MR) is 73.9 cm³/mol. The summed E-state index contributed by atoms with van der Waals surface area (Å²) in [5, 5.41) is 3.22. The van der Waals surface area contributed by atoms with Crippen LogP contribution in [0.5, 0.6) is 0 Å². The number of piperazine rings is 1. The number of furan rings is 1. The molecule has 7 heteroatoms. The normalized spacial score (nSPS) is 18.3. The lowest BCUT2D eigenvalue weighted by Crippen LogP contribution is -2.48. The van der Waals surface area contributed by atoms with E-state index < -0.39 is 12.7 Å². The van der Waals surface area contributed by atoms with Crippen LogP contribution in [0, 0.1) is 0 Å². The number of alkyl halides is 3. The molecule has 4 nitrogen and oxygen atoms in total. The minimum atomic E-state index is -4.11. The van der Waals surface area contributed by atoms with Gasteiger partial charge in [-0.3, -0.25) is 9.80 Å². The Morgan fingerprint density at radius 1 is 1.19 bits per heavy atom. The van der Waals surface area contributed by atoms with Crippen molar-refractivity contribution < 1.29 is 17.6 Å². The van der Waals surface area contributed by atoms with Crippen LogP contribution in [-0.2, 0) is 13.1 Å². The number of nitrogens with zero attached hydrogens (tertiary/aromatic N) is 2.